The van der Waals surface area contributed by atoms with E-state index in [9.17, 15) is 0 Å². The molecule has 19 heavy (non-hydrogen) atoms. The smallest absolute Gasteiger partial charge is 0.224 e. The minimum absolute atomic E-state index is 0.237. The minimum atomic E-state index is 0.237. The molecule has 0 amide bonds. The van der Waals surface area contributed by atoms with Gasteiger partial charge < -0.3 is 16.0 Å². The fourth-order valence-electron chi connectivity index (χ4n) is 2.42. The van der Waals surface area contributed by atoms with Gasteiger partial charge in [0.2, 0.25) is 5.28 Å². The van der Waals surface area contributed by atoms with Gasteiger partial charge in [-0.25, -0.2) is 4.98 Å². The highest BCUT2D eigenvalue weighted by atomic mass is 35.5. The molecule has 1 unspecified atom stereocenters. The molecule has 1 aliphatic rings. The Morgan fingerprint density at radius 1 is 1.37 bits per heavy atom. The van der Waals surface area contributed by atoms with Crippen LogP contribution in [0.15, 0.2) is 0 Å². The fourth-order valence-corrected chi connectivity index (χ4v) is 2.63. The first-order valence-electron chi connectivity index (χ1n) is 6.82. The number of nitrogens with zero attached hydrogens (tertiary/aromatic N) is 3. The normalized spacial score (nSPS) is 17.6. The van der Waals surface area contributed by atoms with Crippen molar-refractivity contribution in [2.45, 2.75) is 26.7 Å². The lowest BCUT2D eigenvalue weighted by molar-refractivity contribution is 0.294. The fraction of sp³-hybridized carbons (Fsp3) is 0.692. The van der Waals surface area contributed by atoms with Crippen LogP contribution in [0.25, 0.3) is 0 Å². The summed E-state index contributed by atoms with van der Waals surface area (Å²) in [6, 6.07) is 0. The second kappa shape index (κ2) is 6.39. The quantitative estimate of drug-likeness (QED) is 0.811. The number of nitrogen functional groups attached to an aromatic ring is 1. The lowest BCUT2D eigenvalue weighted by atomic mass is 10.1. The second-order valence-electron chi connectivity index (χ2n) is 5.33. The second-order valence-corrected chi connectivity index (χ2v) is 5.67. The molecule has 0 bridgehead atoms. The van der Waals surface area contributed by atoms with Crippen molar-refractivity contribution >= 4 is 23.1 Å². The zero-order chi connectivity index (χ0) is 13.8. The summed E-state index contributed by atoms with van der Waals surface area (Å²) >= 11 is 5.85. The van der Waals surface area contributed by atoms with Crippen LogP contribution in [0, 0.1) is 12.8 Å². The Labute approximate surface area is 119 Å². The average molecular weight is 284 g/mol. The first-order chi connectivity index (χ1) is 9.06. The van der Waals surface area contributed by atoms with Gasteiger partial charge in [0, 0.05) is 13.1 Å². The molecule has 0 radical (unpaired) electrons. The Morgan fingerprint density at radius 3 is 2.74 bits per heavy atom. The van der Waals surface area contributed by atoms with Crippen molar-refractivity contribution in [2.75, 3.05) is 37.2 Å². The molecule has 0 saturated carbocycles. The summed E-state index contributed by atoms with van der Waals surface area (Å²) in [5.74, 6) is 1.19. The first kappa shape index (κ1) is 14.3. The third-order valence-corrected chi connectivity index (χ3v) is 3.66. The van der Waals surface area contributed by atoms with Crippen LogP contribution >= 0.6 is 11.6 Å². The van der Waals surface area contributed by atoms with Crippen LogP contribution in [0.2, 0.25) is 5.28 Å². The molecule has 6 heteroatoms. The Bertz CT molecular complexity index is 431. The van der Waals surface area contributed by atoms with Crippen LogP contribution in [0.5, 0.6) is 0 Å². The van der Waals surface area contributed by atoms with Crippen LogP contribution in [-0.4, -0.2) is 41.0 Å². The average Bonchev–Trinajstić information content (AvgIpc) is 2.84. The summed E-state index contributed by atoms with van der Waals surface area (Å²) in [4.78, 5) is 10.7. The van der Waals surface area contributed by atoms with E-state index < -0.39 is 0 Å². The van der Waals surface area contributed by atoms with Gasteiger partial charge in [-0.05, 0) is 50.4 Å². The van der Waals surface area contributed by atoms with E-state index in [1.807, 2.05) is 6.92 Å². The number of anilines is 2. The molecule has 0 aromatic carbocycles. The molecule has 2 heterocycles. The number of aryl methyl sites for hydroxylation is 1. The molecule has 0 aliphatic carbocycles. The Balaban J connectivity index is 1.87. The van der Waals surface area contributed by atoms with Crippen LogP contribution in [0.1, 0.15) is 25.5 Å². The summed E-state index contributed by atoms with van der Waals surface area (Å²) in [6.07, 6.45) is 2.65. The molecule has 5 nitrogen and oxygen atoms in total. The van der Waals surface area contributed by atoms with Crippen LogP contribution in [0.4, 0.5) is 11.5 Å². The van der Waals surface area contributed by atoms with E-state index in [4.69, 9.17) is 17.3 Å². The summed E-state index contributed by atoms with van der Waals surface area (Å²) in [5.41, 5.74) is 7.24. The number of hydrogen-bond donors (Lipinski definition) is 2. The molecule has 1 aromatic heterocycles. The molecule has 106 valence electrons. The van der Waals surface area contributed by atoms with Crippen molar-refractivity contribution in [3.63, 3.8) is 0 Å². The topological polar surface area (TPSA) is 67.1 Å². The lowest BCUT2D eigenvalue weighted by Crippen LogP contribution is -2.29. The van der Waals surface area contributed by atoms with E-state index in [2.05, 4.69) is 27.1 Å². The Morgan fingerprint density at radius 2 is 2.05 bits per heavy atom. The highest BCUT2D eigenvalue weighted by Gasteiger charge is 2.15. The van der Waals surface area contributed by atoms with Gasteiger partial charge in [-0.15, -0.1) is 0 Å². The summed E-state index contributed by atoms with van der Waals surface area (Å²) < 4.78 is 0. The van der Waals surface area contributed by atoms with E-state index in [0.717, 1.165) is 18.8 Å². The van der Waals surface area contributed by atoms with Gasteiger partial charge in [-0.2, -0.15) is 4.98 Å². The van der Waals surface area contributed by atoms with Gasteiger partial charge in [0.15, 0.2) is 5.82 Å². The third kappa shape index (κ3) is 3.94. The number of rotatable bonds is 5. The van der Waals surface area contributed by atoms with Crippen molar-refractivity contribution < 1.29 is 0 Å². The highest BCUT2D eigenvalue weighted by molar-refractivity contribution is 6.28. The van der Waals surface area contributed by atoms with Crippen LogP contribution in [-0.2, 0) is 0 Å². The van der Waals surface area contributed by atoms with Gasteiger partial charge in [-0.1, -0.05) is 6.92 Å². The maximum absolute atomic E-state index is 5.94. The lowest BCUT2D eigenvalue weighted by Gasteiger charge is -2.21. The van der Waals surface area contributed by atoms with Crippen molar-refractivity contribution in [3.05, 3.63) is 11.0 Å². The Kier molecular flexibility index (Phi) is 4.82. The van der Waals surface area contributed by atoms with E-state index in [1.165, 1.54) is 25.9 Å². The number of hydrogen-bond acceptors (Lipinski definition) is 5. The van der Waals surface area contributed by atoms with Crippen LogP contribution in [0.3, 0.4) is 0 Å². The molecule has 1 aliphatic heterocycles. The number of aromatic nitrogens is 2. The van der Waals surface area contributed by atoms with Crippen molar-refractivity contribution in [3.8, 4) is 0 Å². The van der Waals surface area contributed by atoms with Crippen molar-refractivity contribution in [1.29, 1.82) is 0 Å². The molecule has 1 fully saturated rings. The van der Waals surface area contributed by atoms with Crippen molar-refractivity contribution in [2.24, 2.45) is 5.92 Å². The van der Waals surface area contributed by atoms with E-state index in [0.29, 0.717) is 17.4 Å². The van der Waals surface area contributed by atoms with Gasteiger partial charge in [0.25, 0.3) is 0 Å². The minimum Gasteiger partial charge on any atom is -0.394 e. The highest BCUT2D eigenvalue weighted by Crippen LogP contribution is 2.21. The predicted molar refractivity (Wildman–Crippen MR) is 79.5 cm³/mol. The molecule has 3 N–H and O–H groups in total. The summed E-state index contributed by atoms with van der Waals surface area (Å²) in [7, 11) is 0. The van der Waals surface area contributed by atoms with Gasteiger partial charge in [0.1, 0.15) is 0 Å². The SMILES string of the molecule is Cc1nc(Cl)nc(NCC(C)CN2CCCC2)c1N. The summed E-state index contributed by atoms with van der Waals surface area (Å²) in [5, 5.41) is 3.52. The van der Waals surface area contributed by atoms with Gasteiger partial charge in [0.05, 0.1) is 11.4 Å². The molecular formula is C13H22ClN5. The van der Waals surface area contributed by atoms with Crippen LogP contribution < -0.4 is 11.1 Å². The number of nitrogens with two attached hydrogens (primary N) is 1. The number of nitrogens with one attached hydrogen (secondary N) is 1. The van der Waals surface area contributed by atoms with Crippen molar-refractivity contribution in [1.82, 2.24) is 14.9 Å². The van der Waals surface area contributed by atoms with E-state index >= 15 is 0 Å². The third-order valence-electron chi connectivity index (χ3n) is 3.50. The molecule has 2 rings (SSSR count). The predicted octanol–water partition coefficient (Wildman–Crippen LogP) is 2.16. The number of halogens is 1. The largest absolute Gasteiger partial charge is 0.394 e. The molecule has 1 aromatic rings. The Hall–Kier alpha value is -1.07. The van der Waals surface area contributed by atoms with Gasteiger partial charge >= 0.3 is 0 Å². The standard InChI is InChI=1S/C13H22ClN5/c1-9(8-19-5-3-4-6-19)7-16-12-11(15)10(2)17-13(14)18-12/h9H,3-8,15H2,1-2H3,(H,16,17,18). The van der Waals surface area contributed by atoms with Gasteiger partial charge in [-0.3, -0.25) is 0 Å². The summed E-state index contributed by atoms with van der Waals surface area (Å²) in [6.45, 7) is 8.48. The maximum Gasteiger partial charge on any atom is 0.224 e. The zero-order valence-electron chi connectivity index (χ0n) is 11.6. The zero-order valence-corrected chi connectivity index (χ0v) is 12.4. The van der Waals surface area contributed by atoms with E-state index in [-0.39, 0.29) is 5.28 Å². The molecule has 1 atom stereocenters. The molecule has 0 spiro atoms. The molecular weight excluding hydrogens is 262 g/mol. The molecule has 1 saturated heterocycles. The first-order valence-corrected chi connectivity index (χ1v) is 7.20. The number of likely N-dealkylation sites (tertiary alicyclic amines) is 1. The monoisotopic (exact) mass is 283 g/mol. The van der Waals surface area contributed by atoms with E-state index in [1.54, 1.807) is 0 Å². The maximum atomic E-state index is 5.94.